The van der Waals surface area contributed by atoms with Gasteiger partial charge in [-0.05, 0) is 30.3 Å². The number of nitrogens with two attached hydrogens (primary N) is 1. The molecule has 0 fully saturated rings. The third kappa shape index (κ3) is 3.54. The molecule has 0 bridgehead atoms. The molecule has 2 N–H and O–H groups in total. The van der Waals surface area contributed by atoms with Gasteiger partial charge in [-0.25, -0.2) is 4.98 Å². The summed E-state index contributed by atoms with van der Waals surface area (Å²) < 4.78 is 10.6. The van der Waals surface area contributed by atoms with Crippen molar-refractivity contribution in [3.63, 3.8) is 0 Å². The Balaban J connectivity index is 2.11. The second kappa shape index (κ2) is 6.33. The lowest BCUT2D eigenvalue weighted by molar-refractivity contribution is 0.400. The van der Waals surface area contributed by atoms with E-state index >= 15 is 0 Å². The molecular formula is C14H16N2O2S. The van der Waals surface area contributed by atoms with E-state index < -0.39 is 0 Å². The van der Waals surface area contributed by atoms with Crippen LogP contribution in [0.5, 0.6) is 11.5 Å². The molecule has 1 heterocycles. The van der Waals surface area contributed by atoms with Crippen LogP contribution >= 0.6 is 11.8 Å². The minimum Gasteiger partial charge on any atom is -0.497 e. The number of rotatable bonds is 5. The lowest BCUT2D eigenvalue weighted by atomic mass is 10.2. The molecule has 0 aliphatic heterocycles. The Labute approximate surface area is 116 Å². The summed E-state index contributed by atoms with van der Waals surface area (Å²) in [5.74, 6) is 3.00. The Kier molecular flexibility index (Phi) is 4.52. The molecule has 1 aromatic heterocycles. The first-order chi connectivity index (χ1) is 9.22. The van der Waals surface area contributed by atoms with Gasteiger partial charge in [-0.2, -0.15) is 0 Å². The van der Waals surface area contributed by atoms with Crippen molar-refractivity contribution in [1.82, 2.24) is 4.98 Å². The Morgan fingerprint density at radius 2 is 2.00 bits per heavy atom. The van der Waals surface area contributed by atoms with E-state index in [0.717, 1.165) is 27.7 Å². The predicted octanol–water partition coefficient (Wildman–Crippen LogP) is 2.97. The van der Waals surface area contributed by atoms with Gasteiger partial charge in [0, 0.05) is 22.4 Å². The van der Waals surface area contributed by atoms with Crippen molar-refractivity contribution in [3.8, 4) is 11.5 Å². The van der Waals surface area contributed by atoms with E-state index in [4.69, 9.17) is 15.2 Å². The summed E-state index contributed by atoms with van der Waals surface area (Å²) in [5, 5.41) is 0. The van der Waals surface area contributed by atoms with Gasteiger partial charge in [0.2, 0.25) is 0 Å². The number of nitrogen functional groups attached to an aromatic ring is 1. The largest absolute Gasteiger partial charge is 0.497 e. The van der Waals surface area contributed by atoms with Gasteiger partial charge in [0.15, 0.2) is 0 Å². The number of methoxy groups -OCH3 is 2. The lowest BCUT2D eigenvalue weighted by Crippen LogP contribution is -1.93. The molecule has 1 aromatic carbocycles. The van der Waals surface area contributed by atoms with Crippen molar-refractivity contribution in [2.75, 3.05) is 20.0 Å². The summed E-state index contributed by atoms with van der Waals surface area (Å²) in [7, 11) is 3.32. The molecule has 4 nitrogen and oxygen atoms in total. The second-order valence-corrected chi connectivity index (χ2v) is 4.93. The maximum Gasteiger partial charge on any atom is 0.123 e. The first-order valence-electron chi connectivity index (χ1n) is 5.78. The van der Waals surface area contributed by atoms with Gasteiger partial charge in [0.1, 0.15) is 17.3 Å². The molecule has 0 unspecified atom stereocenters. The van der Waals surface area contributed by atoms with E-state index in [-0.39, 0.29) is 0 Å². The molecule has 0 atom stereocenters. The molecule has 0 radical (unpaired) electrons. The molecule has 0 amide bonds. The van der Waals surface area contributed by atoms with Crippen molar-refractivity contribution in [2.24, 2.45) is 0 Å². The van der Waals surface area contributed by atoms with E-state index in [1.54, 1.807) is 38.2 Å². The van der Waals surface area contributed by atoms with Crippen LogP contribution < -0.4 is 15.2 Å². The van der Waals surface area contributed by atoms with Crippen molar-refractivity contribution >= 4 is 17.6 Å². The summed E-state index contributed by atoms with van der Waals surface area (Å²) in [6, 6.07) is 9.54. The average Bonchev–Trinajstić information content (AvgIpc) is 2.46. The molecule has 0 aliphatic carbocycles. The van der Waals surface area contributed by atoms with Crippen LogP contribution in [-0.4, -0.2) is 19.2 Å². The van der Waals surface area contributed by atoms with Gasteiger partial charge in [0.25, 0.3) is 0 Å². The number of hydrogen-bond acceptors (Lipinski definition) is 5. The normalized spacial score (nSPS) is 10.2. The first-order valence-corrected chi connectivity index (χ1v) is 6.76. The summed E-state index contributed by atoms with van der Waals surface area (Å²) in [6.45, 7) is 0. The lowest BCUT2D eigenvalue weighted by Gasteiger charge is -2.10. The van der Waals surface area contributed by atoms with Crippen molar-refractivity contribution in [1.29, 1.82) is 0 Å². The topological polar surface area (TPSA) is 57.4 Å². The number of nitrogens with zero attached hydrogens (tertiary/aromatic N) is 1. The Morgan fingerprint density at radius 1 is 1.16 bits per heavy atom. The van der Waals surface area contributed by atoms with Crippen LogP contribution in [0.3, 0.4) is 0 Å². The quantitative estimate of drug-likeness (QED) is 0.851. The van der Waals surface area contributed by atoms with Crippen LogP contribution in [0.25, 0.3) is 0 Å². The third-order valence-corrected chi connectivity index (χ3v) is 3.67. The first kappa shape index (κ1) is 13.5. The maximum atomic E-state index is 5.56. The standard InChI is InChI=1S/C14H16N2O2S/c1-17-11-3-5-13(18-2)10(7-11)9-19-12-4-6-14(15)16-8-12/h3-8H,9H2,1-2H3,(H2,15,16). The zero-order chi connectivity index (χ0) is 13.7. The molecule has 19 heavy (non-hydrogen) atoms. The highest BCUT2D eigenvalue weighted by atomic mass is 32.2. The smallest absolute Gasteiger partial charge is 0.123 e. The summed E-state index contributed by atoms with van der Waals surface area (Å²) in [5.41, 5.74) is 6.65. The Morgan fingerprint density at radius 3 is 2.63 bits per heavy atom. The molecule has 2 rings (SSSR count). The number of anilines is 1. The van der Waals surface area contributed by atoms with Crippen LogP contribution in [-0.2, 0) is 5.75 Å². The summed E-state index contributed by atoms with van der Waals surface area (Å²) in [4.78, 5) is 5.14. The number of ether oxygens (including phenoxy) is 2. The number of aromatic nitrogens is 1. The fourth-order valence-electron chi connectivity index (χ4n) is 1.63. The number of benzene rings is 1. The summed E-state index contributed by atoms with van der Waals surface area (Å²) in [6.07, 6.45) is 1.77. The second-order valence-electron chi connectivity index (χ2n) is 3.89. The minimum atomic E-state index is 0.531. The monoisotopic (exact) mass is 276 g/mol. The average molecular weight is 276 g/mol. The number of hydrogen-bond donors (Lipinski definition) is 1. The van der Waals surface area contributed by atoms with Gasteiger partial charge in [-0.3, -0.25) is 0 Å². The van der Waals surface area contributed by atoms with Crippen LogP contribution in [0.15, 0.2) is 41.4 Å². The zero-order valence-electron chi connectivity index (χ0n) is 10.9. The van der Waals surface area contributed by atoms with E-state index in [1.165, 1.54) is 0 Å². The molecule has 0 saturated carbocycles. The highest BCUT2D eigenvalue weighted by Gasteiger charge is 2.06. The fraction of sp³-hybridized carbons (Fsp3) is 0.214. The van der Waals surface area contributed by atoms with Crippen molar-refractivity contribution in [2.45, 2.75) is 10.6 Å². The fourth-order valence-corrected chi connectivity index (χ4v) is 2.47. The van der Waals surface area contributed by atoms with E-state index in [2.05, 4.69) is 4.98 Å². The SMILES string of the molecule is COc1ccc(OC)c(CSc2ccc(N)nc2)c1. The molecule has 5 heteroatoms. The minimum absolute atomic E-state index is 0.531. The molecule has 0 spiro atoms. The third-order valence-electron chi connectivity index (χ3n) is 2.64. The van der Waals surface area contributed by atoms with Crippen LogP contribution in [0.4, 0.5) is 5.82 Å². The van der Waals surface area contributed by atoms with Crippen molar-refractivity contribution < 1.29 is 9.47 Å². The van der Waals surface area contributed by atoms with Gasteiger partial charge in [-0.1, -0.05) is 0 Å². The zero-order valence-corrected chi connectivity index (χ0v) is 11.7. The van der Waals surface area contributed by atoms with Crippen LogP contribution in [0.1, 0.15) is 5.56 Å². The van der Waals surface area contributed by atoms with Gasteiger partial charge in [-0.15, -0.1) is 11.8 Å². The number of thioether (sulfide) groups is 1. The Hall–Kier alpha value is -1.88. The van der Waals surface area contributed by atoms with Gasteiger partial charge in [0.05, 0.1) is 14.2 Å². The molecular weight excluding hydrogens is 260 g/mol. The number of pyridine rings is 1. The molecule has 100 valence electrons. The molecule has 0 aliphatic rings. The van der Waals surface area contributed by atoms with Crippen LogP contribution in [0.2, 0.25) is 0 Å². The van der Waals surface area contributed by atoms with E-state index in [0.29, 0.717) is 5.82 Å². The Bertz CT molecular complexity index is 544. The highest BCUT2D eigenvalue weighted by Crippen LogP contribution is 2.30. The van der Waals surface area contributed by atoms with Gasteiger partial charge < -0.3 is 15.2 Å². The van der Waals surface area contributed by atoms with Gasteiger partial charge >= 0.3 is 0 Å². The molecule has 2 aromatic rings. The van der Waals surface area contributed by atoms with Crippen molar-refractivity contribution in [3.05, 3.63) is 42.1 Å². The molecule has 0 saturated heterocycles. The van der Waals surface area contributed by atoms with E-state index in [1.807, 2.05) is 24.3 Å². The highest BCUT2D eigenvalue weighted by molar-refractivity contribution is 7.98. The predicted molar refractivity (Wildman–Crippen MR) is 77.8 cm³/mol. The maximum absolute atomic E-state index is 5.56. The van der Waals surface area contributed by atoms with E-state index in [9.17, 15) is 0 Å². The van der Waals surface area contributed by atoms with Crippen LogP contribution in [0, 0.1) is 0 Å². The summed E-state index contributed by atoms with van der Waals surface area (Å²) >= 11 is 1.68.